The van der Waals surface area contributed by atoms with Crippen LogP contribution in [0.1, 0.15) is 19.4 Å². The Kier molecular flexibility index (Phi) is 5.16. The molecule has 0 aliphatic carbocycles. The lowest BCUT2D eigenvalue weighted by Gasteiger charge is -2.23. The molecule has 0 fully saturated rings. The van der Waals surface area contributed by atoms with Crippen LogP contribution in [0.4, 0.5) is 17.1 Å². The highest BCUT2D eigenvalue weighted by Crippen LogP contribution is 2.46. The summed E-state index contributed by atoms with van der Waals surface area (Å²) in [7, 11) is -2.07. The highest BCUT2D eigenvalue weighted by molar-refractivity contribution is 7.89. The minimum atomic E-state index is -4.04. The Morgan fingerprint density at radius 2 is 1.93 bits per heavy atom. The van der Waals surface area contributed by atoms with Crippen molar-refractivity contribution in [3.05, 3.63) is 69.9 Å². The quantitative estimate of drug-likeness (QED) is 0.438. The van der Waals surface area contributed by atoms with Crippen molar-refractivity contribution in [1.29, 1.82) is 0 Å². The molecule has 0 aromatic heterocycles. The Labute approximate surface area is 168 Å². The SMILES string of the molecule is CN1C(=CC=NNc2ccc(S(N)(=O)=O)cc2[N+](=O)[O-])C(C)(C)c2ccccc21. The van der Waals surface area contributed by atoms with Crippen LogP contribution in [0, 0.1) is 10.1 Å². The molecule has 1 heterocycles. The van der Waals surface area contributed by atoms with Gasteiger partial charge in [-0.15, -0.1) is 0 Å². The lowest BCUT2D eigenvalue weighted by Crippen LogP contribution is -2.23. The van der Waals surface area contributed by atoms with Gasteiger partial charge in [-0.3, -0.25) is 15.5 Å². The summed E-state index contributed by atoms with van der Waals surface area (Å²) in [5.41, 5.74) is 5.31. The molecule has 10 heteroatoms. The second-order valence-corrected chi connectivity index (χ2v) is 8.69. The predicted octanol–water partition coefficient (Wildman–Crippen LogP) is 2.95. The number of hydrazone groups is 1. The fourth-order valence-electron chi connectivity index (χ4n) is 3.45. The summed E-state index contributed by atoms with van der Waals surface area (Å²) < 4.78 is 22.8. The molecule has 9 nitrogen and oxygen atoms in total. The molecule has 152 valence electrons. The van der Waals surface area contributed by atoms with E-state index in [4.69, 9.17) is 5.14 Å². The van der Waals surface area contributed by atoms with Crippen LogP contribution in [-0.4, -0.2) is 26.6 Å². The molecule has 0 saturated heterocycles. The number of fused-ring (bicyclic) bond motifs is 1. The molecule has 0 unspecified atom stereocenters. The molecular formula is C19H21N5O4S. The summed E-state index contributed by atoms with van der Waals surface area (Å²) in [4.78, 5) is 12.3. The first-order valence-electron chi connectivity index (χ1n) is 8.68. The van der Waals surface area contributed by atoms with E-state index in [2.05, 4.69) is 35.3 Å². The summed E-state index contributed by atoms with van der Waals surface area (Å²) in [6.45, 7) is 4.22. The number of benzene rings is 2. The molecule has 1 aliphatic heterocycles. The van der Waals surface area contributed by atoms with Gasteiger partial charge < -0.3 is 4.90 Å². The number of sulfonamides is 1. The van der Waals surface area contributed by atoms with Gasteiger partial charge in [0.05, 0.1) is 9.82 Å². The first-order chi connectivity index (χ1) is 13.5. The number of nitrogens with one attached hydrogen (secondary N) is 1. The van der Waals surface area contributed by atoms with Gasteiger partial charge in [0.25, 0.3) is 5.69 Å². The maximum Gasteiger partial charge on any atom is 0.295 e. The van der Waals surface area contributed by atoms with E-state index < -0.39 is 20.6 Å². The number of allylic oxidation sites excluding steroid dienone is 2. The standard InChI is InChI=1S/C19H21N5O4S/c1-19(2)14-6-4-5-7-16(14)23(3)18(19)10-11-21-22-15-9-8-13(29(20,27)28)12-17(15)24(25)26/h4-12,22H,1-3H3,(H2,20,27,28). The van der Waals surface area contributed by atoms with Crippen molar-refractivity contribution >= 4 is 33.3 Å². The van der Waals surface area contributed by atoms with Crippen molar-refractivity contribution in [2.24, 2.45) is 10.2 Å². The highest BCUT2D eigenvalue weighted by atomic mass is 32.2. The van der Waals surface area contributed by atoms with E-state index in [1.165, 1.54) is 23.9 Å². The van der Waals surface area contributed by atoms with Crippen molar-refractivity contribution in [1.82, 2.24) is 0 Å². The van der Waals surface area contributed by atoms with Crippen LogP contribution in [0.2, 0.25) is 0 Å². The van der Waals surface area contributed by atoms with Crippen molar-refractivity contribution < 1.29 is 13.3 Å². The molecule has 3 N–H and O–H groups in total. The summed E-state index contributed by atoms with van der Waals surface area (Å²) in [5, 5.41) is 20.3. The van der Waals surface area contributed by atoms with Gasteiger partial charge >= 0.3 is 0 Å². The molecule has 2 aromatic rings. The van der Waals surface area contributed by atoms with Crippen LogP contribution >= 0.6 is 0 Å². The molecule has 0 radical (unpaired) electrons. The minimum Gasteiger partial charge on any atom is -0.347 e. The molecule has 0 bridgehead atoms. The number of anilines is 2. The maximum atomic E-state index is 11.4. The molecule has 2 aromatic carbocycles. The van der Waals surface area contributed by atoms with Gasteiger partial charge in [-0.2, -0.15) is 5.10 Å². The van der Waals surface area contributed by atoms with Crippen LogP contribution in [-0.2, 0) is 15.4 Å². The Balaban J connectivity index is 1.85. The molecule has 29 heavy (non-hydrogen) atoms. The fraction of sp³-hybridized carbons (Fsp3) is 0.211. The Hall–Kier alpha value is -3.24. The maximum absolute atomic E-state index is 11.4. The lowest BCUT2D eigenvalue weighted by atomic mass is 9.84. The summed E-state index contributed by atoms with van der Waals surface area (Å²) in [6, 6.07) is 11.4. The van der Waals surface area contributed by atoms with Gasteiger partial charge in [-0.1, -0.05) is 32.0 Å². The zero-order chi connectivity index (χ0) is 21.4. The van der Waals surface area contributed by atoms with Gasteiger partial charge in [0.1, 0.15) is 5.69 Å². The average Bonchev–Trinajstić information content (AvgIpc) is 2.84. The molecule has 0 spiro atoms. The number of nitrogens with two attached hydrogens (primary N) is 1. The van der Waals surface area contributed by atoms with E-state index in [0.29, 0.717) is 0 Å². The molecular weight excluding hydrogens is 394 g/mol. The van der Waals surface area contributed by atoms with Crippen molar-refractivity contribution in [2.45, 2.75) is 24.2 Å². The van der Waals surface area contributed by atoms with E-state index in [0.717, 1.165) is 17.5 Å². The number of para-hydroxylation sites is 1. The van der Waals surface area contributed by atoms with Gasteiger partial charge in [-0.25, -0.2) is 13.6 Å². The number of nitro benzene ring substituents is 1. The zero-order valence-corrected chi connectivity index (χ0v) is 17.0. The highest BCUT2D eigenvalue weighted by Gasteiger charge is 2.37. The van der Waals surface area contributed by atoms with Crippen LogP contribution in [0.15, 0.2) is 64.2 Å². The first-order valence-corrected chi connectivity index (χ1v) is 10.2. The van der Waals surface area contributed by atoms with Crippen LogP contribution in [0.5, 0.6) is 0 Å². The third-order valence-electron chi connectivity index (χ3n) is 4.93. The topological polar surface area (TPSA) is 131 Å². The van der Waals surface area contributed by atoms with Gasteiger partial charge in [0.2, 0.25) is 10.0 Å². The van der Waals surface area contributed by atoms with Gasteiger partial charge in [-0.05, 0) is 29.8 Å². The molecule has 1 aliphatic rings. The first kappa shape index (κ1) is 20.5. The van der Waals surface area contributed by atoms with E-state index >= 15 is 0 Å². The number of nitro groups is 1. The van der Waals surface area contributed by atoms with E-state index in [9.17, 15) is 18.5 Å². The third-order valence-corrected chi connectivity index (χ3v) is 5.84. The number of rotatable bonds is 5. The lowest BCUT2D eigenvalue weighted by molar-refractivity contribution is -0.384. The number of likely N-dealkylation sites (N-methyl/N-ethyl adjacent to an activating group) is 1. The summed E-state index contributed by atoms with van der Waals surface area (Å²) in [5.74, 6) is 0. The van der Waals surface area contributed by atoms with Gasteiger partial charge in [0, 0.05) is 36.1 Å². The van der Waals surface area contributed by atoms with Crippen LogP contribution < -0.4 is 15.5 Å². The summed E-state index contributed by atoms with van der Waals surface area (Å²) >= 11 is 0. The van der Waals surface area contributed by atoms with Gasteiger partial charge in [0.15, 0.2) is 0 Å². The van der Waals surface area contributed by atoms with Crippen molar-refractivity contribution in [3.63, 3.8) is 0 Å². The average molecular weight is 415 g/mol. The molecule has 0 amide bonds. The van der Waals surface area contributed by atoms with E-state index in [-0.39, 0.29) is 16.0 Å². The smallest absolute Gasteiger partial charge is 0.295 e. The van der Waals surface area contributed by atoms with Crippen molar-refractivity contribution in [2.75, 3.05) is 17.4 Å². The van der Waals surface area contributed by atoms with Crippen LogP contribution in [0.3, 0.4) is 0 Å². The number of nitrogens with zero attached hydrogens (tertiary/aromatic N) is 3. The third kappa shape index (κ3) is 3.84. The van der Waals surface area contributed by atoms with Crippen molar-refractivity contribution in [3.8, 4) is 0 Å². The fourth-order valence-corrected chi connectivity index (χ4v) is 3.98. The predicted molar refractivity (Wildman–Crippen MR) is 113 cm³/mol. The molecule has 3 rings (SSSR count). The Bertz CT molecular complexity index is 1140. The largest absolute Gasteiger partial charge is 0.347 e. The second-order valence-electron chi connectivity index (χ2n) is 7.12. The molecule has 0 atom stereocenters. The summed E-state index contributed by atoms with van der Waals surface area (Å²) in [6.07, 6.45) is 3.34. The number of primary sulfonamides is 1. The monoisotopic (exact) mass is 415 g/mol. The van der Waals surface area contributed by atoms with E-state index in [1.54, 1.807) is 0 Å². The number of hydrogen-bond acceptors (Lipinski definition) is 7. The second kappa shape index (κ2) is 7.30. The molecule has 0 saturated carbocycles. The Morgan fingerprint density at radius 1 is 1.24 bits per heavy atom. The number of hydrogen-bond donors (Lipinski definition) is 2. The Morgan fingerprint density at radius 3 is 2.55 bits per heavy atom. The van der Waals surface area contributed by atoms with E-state index in [1.807, 2.05) is 31.3 Å². The zero-order valence-electron chi connectivity index (χ0n) is 16.2. The minimum absolute atomic E-state index is 0.0550. The normalized spacial score (nSPS) is 17.0. The van der Waals surface area contributed by atoms with Crippen LogP contribution in [0.25, 0.3) is 0 Å².